The maximum Gasteiger partial charge on any atom is 0.257 e. The number of halogens is 2. The highest BCUT2D eigenvalue weighted by atomic mass is 35.5. The highest BCUT2D eigenvalue weighted by molar-refractivity contribution is 7.80. The summed E-state index contributed by atoms with van der Waals surface area (Å²) in [4.78, 5) is 17.7. The number of anilines is 2. The lowest BCUT2D eigenvalue weighted by Gasteiger charge is -2.36. The molecule has 1 amide bonds. The van der Waals surface area contributed by atoms with Gasteiger partial charge in [0, 0.05) is 49.0 Å². The Morgan fingerprint density at radius 1 is 0.857 bits per heavy atom. The second-order valence-electron chi connectivity index (χ2n) is 9.53. The lowest BCUT2D eigenvalue weighted by molar-refractivity contribution is 0.0976. The third kappa shape index (κ3) is 8.19. The summed E-state index contributed by atoms with van der Waals surface area (Å²) in [5.74, 6) is 0.924. The second kappa shape index (κ2) is 15.3. The van der Waals surface area contributed by atoms with E-state index in [1.165, 1.54) is 0 Å². The third-order valence-corrected chi connectivity index (χ3v) is 7.54. The molecule has 0 aromatic heterocycles. The number of hydrogen-bond donors (Lipinski definition) is 2. The molecule has 224 valence electrons. The Morgan fingerprint density at radius 2 is 1.50 bits per heavy atom. The summed E-state index contributed by atoms with van der Waals surface area (Å²) < 4.78 is 17.2. The first-order chi connectivity index (χ1) is 20.3. The molecule has 1 aliphatic rings. The van der Waals surface area contributed by atoms with Crippen molar-refractivity contribution >= 4 is 57.8 Å². The number of hydrogen-bond acceptors (Lipinski definition) is 7. The molecule has 0 bridgehead atoms. The quantitative estimate of drug-likeness (QED) is 0.228. The van der Waals surface area contributed by atoms with Gasteiger partial charge in [0.1, 0.15) is 0 Å². The smallest absolute Gasteiger partial charge is 0.257 e. The van der Waals surface area contributed by atoms with Crippen LogP contribution in [0.4, 0.5) is 11.4 Å². The zero-order valence-corrected chi connectivity index (χ0v) is 26.4. The van der Waals surface area contributed by atoms with E-state index in [1.807, 2.05) is 57.2 Å². The molecule has 1 saturated heterocycles. The number of benzene rings is 3. The van der Waals surface area contributed by atoms with Gasteiger partial charge in [0.15, 0.2) is 16.6 Å². The average Bonchev–Trinajstić information content (AvgIpc) is 2.96. The Kier molecular flexibility index (Phi) is 11.5. The van der Waals surface area contributed by atoms with Crippen molar-refractivity contribution in [1.29, 1.82) is 0 Å². The Hall–Kier alpha value is -3.24. The van der Waals surface area contributed by atoms with E-state index in [1.54, 1.807) is 12.1 Å². The van der Waals surface area contributed by atoms with Crippen molar-refractivity contribution in [3.8, 4) is 17.2 Å². The van der Waals surface area contributed by atoms with E-state index in [4.69, 9.17) is 49.6 Å². The first kappa shape index (κ1) is 31.7. The maximum absolute atomic E-state index is 13.1. The summed E-state index contributed by atoms with van der Waals surface area (Å²) in [5, 5.41) is 7.31. The summed E-state index contributed by atoms with van der Waals surface area (Å²) in [6, 6.07) is 16.9. The summed E-state index contributed by atoms with van der Waals surface area (Å²) in [5.41, 5.74) is 3.09. The monoisotopic (exact) mass is 630 g/mol. The van der Waals surface area contributed by atoms with Crippen LogP contribution >= 0.6 is 35.4 Å². The van der Waals surface area contributed by atoms with Gasteiger partial charge in [-0.2, -0.15) is 0 Å². The number of ether oxygens (including phenoxy) is 3. The summed E-state index contributed by atoms with van der Waals surface area (Å²) >= 11 is 18.5. The summed E-state index contributed by atoms with van der Waals surface area (Å²) in [6.45, 7) is 11.2. The van der Waals surface area contributed by atoms with Gasteiger partial charge < -0.3 is 24.4 Å². The zero-order valence-electron chi connectivity index (χ0n) is 24.0. The molecule has 2 N–H and O–H groups in total. The fourth-order valence-electron chi connectivity index (χ4n) is 4.71. The number of amides is 1. The molecule has 1 fully saturated rings. The SMILES string of the molecule is CCOc1cc(C(=O)NC(=S)Nc2ccc(N3CCN(Cc4ccccc4Cl)CC3)c(Cl)c2)cc(OCC)c1OCC. The van der Waals surface area contributed by atoms with Gasteiger partial charge in [-0.05, 0) is 75.0 Å². The Bertz CT molecular complexity index is 1370. The Morgan fingerprint density at radius 3 is 2.10 bits per heavy atom. The van der Waals surface area contributed by atoms with E-state index in [0.717, 1.165) is 49.0 Å². The van der Waals surface area contributed by atoms with Crippen molar-refractivity contribution < 1.29 is 19.0 Å². The van der Waals surface area contributed by atoms with Crippen LogP contribution in [-0.2, 0) is 6.54 Å². The van der Waals surface area contributed by atoms with Gasteiger partial charge in [0.05, 0.1) is 30.5 Å². The van der Waals surface area contributed by atoms with Crippen LogP contribution in [0.5, 0.6) is 17.2 Å². The number of rotatable bonds is 11. The predicted molar refractivity (Wildman–Crippen MR) is 174 cm³/mol. The van der Waals surface area contributed by atoms with E-state index in [2.05, 4.69) is 26.5 Å². The first-order valence-electron chi connectivity index (χ1n) is 14.0. The highest BCUT2D eigenvalue weighted by Gasteiger charge is 2.21. The molecule has 0 spiro atoms. The van der Waals surface area contributed by atoms with Crippen LogP contribution in [0.15, 0.2) is 54.6 Å². The van der Waals surface area contributed by atoms with Crippen molar-refractivity contribution in [3.63, 3.8) is 0 Å². The van der Waals surface area contributed by atoms with E-state index >= 15 is 0 Å². The molecule has 0 radical (unpaired) electrons. The molecule has 0 saturated carbocycles. The number of thiocarbonyl (C=S) groups is 1. The Balaban J connectivity index is 1.36. The molecule has 3 aromatic carbocycles. The normalized spacial score (nSPS) is 13.4. The van der Waals surface area contributed by atoms with Crippen LogP contribution in [0.25, 0.3) is 0 Å². The van der Waals surface area contributed by atoms with Crippen LogP contribution in [0.1, 0.15) is 36.7 Å². The van der Waals surface area contributed by atoms with Gasteiger partial charge in [-0.3, -0.25) is 15.0 Å². The van der Waals surface area contributed by atoms with Crippen molar-refractivity contribution in [1.82, 2.24) is 10.2 Å². The van der Waals surface area contributed by atoms with Crippen molar-refractivity contribution in [2.45, 2.75) is 27.3 Å². The standard InChI is InChI=1S/C31H36Cl2N4O4S/c1-4-39-27-17-22(18-28(40-5-2)29(27)41-6-3)30(38)35-31(42)34-23-11-12-26(25(33)19-23)37-15-13-36(14-16-37)20-21-9-7-8-10-24(21)32/h7-12,17-19H,4-6,13-16,20H2,1-3H3,(H2,34,35,38,42). The molecule has 1 heterocycles. The van der Waals surface area contributed by atoms with Gasteiger partial charge in [0.25, 0.3) is 5.91 Å². The summed E-state index contributed by atoms with van der Waals surface area (Å²) in [6.07, 6.45) is 0. The molecule has 1 aliphatic heterocycles. The molecule has 8 nitrogen and oxygen atoms in total. The van der Waals surface area contributed by atoms with Crippen LogP contribution < -0.4 is 29.7 Å². The van der Waals surface area contributed by atoms with E-state index in [-0.39, 0.29) is 5.11 Å². The molecule has 42 heavy (non-hydrogen) atoms. The highest BCUT2D eigenvalue weighted by Crippen LogP contribution is 2.39. The molecule has 0 aliphatic carbocycles. The minimum atomic E-state index is -0.408. The van der Waals surface area contributed by atoms with Gasteiger partial charge in [-0.15, -0.1) is 0 Å². The average molecular weight is 632 g/mol. The maximum atomic E-state index is 13.1. The molecular weight excluding hydrogens is 595 g/mol. The number of nitrogens with one attached hydrogen (secondary N) is 2. The van der Waals surface area contributed by atoms with Crippen LogP contribution in [0.2, 0.25) is 10.0 Å². The predicted octanol–water partition coefficient (Wildman–Crippen LogP) is 6.64. The van der Waals surface area contributed by atoms with Crippen molar-refractivity contribution in [2.24, 2.45) is 0 Å². The molecular formula is C31H36Cl2N4O4S. The van der Waals surface area contributed by atoms with Gasteiger partial charge >= 0.3 is 0 Å². The number of piperazine rings is 1. The van der Waals surface area contributed by atoms with Crippen LogP contribution in [0, 0.1) is 0 Å². The van der Waals surface area contributed by atoms with Gasteiger partial charge in [-0.25, -0.2) is 0 Å². The van der Waals surface area contributed by atoms with E-state index in [9.17, 15) is 4.79 Å². The number of carbonyl (C=O) groups is 1. The summed E-state index contributed by atoms with van der Waals surface area (Å²) in [7, 11) is 0. The van der Waals surface area contributed by atoms with E-state index in [0.29, 0.717) is 53.3 Å². The second-order valence-corrected chi connectivity index (χ2v) is 10.8. The van der Waals surface area contributed by atoms with Crippen molar-refractivity contribution in [3.05, 3.63) is 75.8 Å². The van der Waals surface area contributed by atoms with Gasteiger partial charge in [0.2, 0.25) is 5.75 Å². The topological polar surface area (TPSA) is 75.3 Å². The fourth-order valence-corrected chi connectivity index (χ4v) is 5.42. The largest absolute Gasteiger partial charge is 0.490 e. The third-order valence-electron chi connectivity index (χ3n) is 6.67. The molecule has 3 aromatic rings. The minimum absolute atomic E-state index is 0.141. The van der Waals surface area contributed by atoms with Gasteiger partial charge in [-0.1, -0.05) is 41.4 Å². The zero-order chi connectivity index (χ0) is 30.1. The van der Waals surface area contributed by atoms with Crippen LogP contribution in [-0.4, -0.2) is 61.9 Å². The van der Waals surface area contributed by atoms with E-state index < -0.39 is 5.91 Å². The fraction of sp³-hybridized carbons (Fsp3) is 0.355. The van der Waals surface area contributed by atoms with Crippen molar-refractivity contribution in [2.75, 3.05) is 56.2 Å². The Labute approximate surface area is 262 Å². The van der Waals surface area contributed by atoms with Crippen LogP contribution in [0.3, 0.4) is 0 Å². The first-order valence-corrected chi connectivity index (χ1v) is 15.2. The lowest BCUT2D eigenvalue weighted by Crippen LogP contribution is -2.46. The molecule has 0 atom stereocenters. The number of carbonyl (C=O) groups excluding carboxylic acids is 1. The molecule has 11 heteroatoms. The molecule has 4 rings (SSSR count). The lowest BCUT2D eigenvalue weighted by atomic mass is 10.1. The number of nitrogens with zero attached hydrogens (tertiary/aromatic N) is 2. The molecule has 0 unspecified atom stereocenters. The minimum Gasteiger partial charge on any atom is -0.490 e.